The van der Waals surface area contributed by atoms with E-state index in [0.29, 0.717) is 0 Å². The van der Waals surface area contributed by atoms with E-state index >= 15 is 0 Å². The molecule has 0 N–H and O–H groups in total. The van der Waals surface area contributed by atoms with Crippen molar-refractivity contribution in [2.24, 2.45) is 0 Å². The third-order valence-corrected chi connectivity index (χ3v) is 6.18. The number of unbranched alkanes of at least 4 members (excludes halogenated alkanes) is 1. The topological polar surface area (TPSA) is 36.9 Å². The number of ether oxygens (including phenoxy) is 4. The van der Waals surface area contributed by atoms with E-state index in [-0.39, 0.29) is 12.6 Å². The summed E-state index contributed by atoms with van der Waals surface area (Å²) in [7, 11) is 2.09. The summed E-state index contributed by atoms with van der Waals surface area (Å²) < 4.78 is 22.3. The zero-order chi connectivity index (χ0) is 17.9. The molecule has 0 atom stereocenters. The summed E-state index contributed by atoms with van der Waals surface area (Å²) in [6, 6.07) is 5.18. The van der Waals surface area contributed by atoms with Gasteiger partial charge in [-0.1, -0.05) is 37.0 Å². The second-order valence-electron chi connectivity index (χ2n) is 5.46. The number of rotatable bonds is 19. The van der Waals surface area contributed by atoms with Gasteiger partial charge in [0.2, 0.25) is 0 Å². The zero-order valence-corrected chi connectivity index (χ0v) is 18.3. The molecule has 4 radical (unpaired) electrons. The van der Waals surface area contributed by atoms with E-state index in [2.05, 4.69) is 0 Å². The van der Waals surface area contributed by atoms with E-state index in [0.717, 1.165) is 58.3 Å². The van der Waals surface area contributed by atoms with E-state index in [9.17, 15) is 0 Å². The van der Waals surface area contributed by atoms with Crippen LogP contribution < -0.4 is 0 Å². The first-order valence-corrected chi connectivity index (χ1v) is 12.5. The Morgan fingerprint density at radius 3 is 1.17 bits per heavy atom. The molecule has 24 heavy (non-hydrogen) atoms. The largest absolute Gasteiger partial charge is 0.353 e. The van der Waals surface area contributed by atoms with Crippen LogP contribution in [0.4, 0.5) is 0 Å². The average molecular weight is 375 g/mol. The van der Waals surface area contributed by atoms with Crippen molar-refractivity contribution in [2.75, 3.05) is 26.4 Å². The molecular formula is C18H38O4Si2. The Labute approximate surface area is 155 Å². The SMILES string of the molecule is CCOC(CC[Si]CCCC[Si]CCC(OCC)OCC)OCC. The van der Waals surface area contributed by atoms with Gasteiger partial charge in [-0.3, -0.25) is 0 Å². The highest BCUT2D eigenvalue weighted by Gasteiger charge is 2.08. The maximum Gasteiger partial charge on any atom is 0.157 e. The molecule has 0 amide bonds. The second kappa shape index (κ2) is 19.6. The maximum atomic E-state index is 5.57. The lowest BCUT2D eigenvalue weighted by Gasteiger charge is -2.16. The fourth-order valence-corrected chi connectivity index (χ4v) is 4.74. The van der Waals surface area contributed by atoms with Crippen LogP contribution in [-0.4, -0.2) is 58.0 Å². The van der Waals surface area contributed by atoms with Gasteiger partial charge in [-0.2, -0.15) is 0 Å². The molecule has 0 aliphatic rings. The molecule has 142 valence electrons. The van der Waals surface area contributed by atoms with Crippen LogP contribution in [0.3, 0.4) is 0 Å². The predicted molar refractivity (Wildman–Crippen MR) is 103 cm³/mol. The Kier molecular flexibility index (Phi) is 19.8. The van der Waals surface area contributed by atoms with Crippen LogP contribution in [0.5, 0.6) is 0 Å². The second-order valence-corrected chi connectivity index (χ2v) is 8.46. The average Bonchev–Trinajstić information content (AvgIpc) is 2.57. The Morgan fingerprint density at radius 2 is 0.875 bits per heavy atom. The van der Waals surface area contributed by atoms with Crippen LogP contribution in [0.2, 0.25) is 24.2 Å². The van der Waals surface area contributed by atoms with E-state index in [1.807, 2.05) is 27.7 Å². The van der Waals surface area contributed by atoms with Gasteiger partial charge in [0, 0.05) is 45.5 Å². The van der Waals surface area contributed by atoms with E-state index < -0.39 is 0 Å². The van der Waals surface area contributed by atoms with Gasteiger partial charge in [0.15, 0.2) is 12.6 Å². The Balaban J connectivity index is 3.38. The lowest BCUT2D eigenvalue weighted by atomic mass is 10.4. The maximum absolute atomic E-state index is 5.57. The third kappa shape index (κ3) is 15.8. The summed E-state index contributed by atoms with van der Waals surface area (Å²) in [5.74, 6) is 0. The summed E-state index contributed by atoms with van der Waals surface area (Å²) in [5, 5.41) is 0. The predicted octanol–water partition coefficient (Wildman–Crippen LogP) is 4.43. The van der Waals surface area contributed by atoms with Gasteiger partial charge in [0.1, 0.15) is 0 Å². The standard InChI is InChI=1S/C18H38O4Si2/c1-5-19-17(20-6-2)11-15-23-13-9-10-14-24-16-12-18(21-7-3)22-8-4/h17-18H,5-16H2,1-4H3. The molecule has 0 aliphatic carbocycles. The van der Waals surface area contributed by atoms with Crippen LogP contribution in [0.1, 0.15) is 53.4 Å². The van der Waals surface area contributed by atoms with Gasteiger partial charge in [-0.15, -0.1) is 0 Å². The van der Waals surface area contributed by atoms with Crippen molar-refractivity contribution in [3.05, 3.63) is 0 Å². The molecule has 4 nitrogen and oxygen atoms in total. The number of hydrogen-bond acceptors (Lipinski definition) is 4. The minimum Gasteiger partial charge on any atom is -0.353 e. The minimum absolute atomic E-state index is 0.0117. The van der Waals surface area contributed by atoms with Gasteiger partial charge in [0.05, 0.1) is 0 Å². The van der Waals surface area contributed by atoms with Crippen LogP contribution in [0.25, 0.3) is 0 Å². The molecule has 0 aromatic heterocycles. The normalized spacial score (nSPS) is 11.8. The monoisotopic (exact) mass is 374 g/mol. The quantitative estimate of drug-likeness (QED) is 0.190. The number of hydrogen-bond donors (Lipinski definition) is 0. The van der Waals surface area contributed by atoms with E-state index in [1.165, 1.54) is 37.0 Å². The Bertz CT molecular complexity index is 209. The van der Waals surface area contributed by atoms with E-state index in [4.69, 9.17) is 18.9 Å². The van der Waals surface area contributed by atoms with Crippen molar-refractivity contribution in [2.45, 2.75) is 90.1 Å². The lowest BCUT2D eigenvalue weighted by Crippen LogP contribution is -2.17. The molecule has 0 heterocycles. The lowest BCUT2D eigenvalue weighted by molar-refractivity contribution is -0.137. The summed E-state index contributed by atoms with van der Waals surface area (Å²) in [5.41, 5.74) is 0. The van der Waals surface area contributed by atoms with Crippen LogP contribution in [0.15, 0.2) is 0 Å². The van der Waals surface area contributed by atoms with Crippen molar-refractivity contribution in [1.82, 2.24) is 0 Å². The van der Waals surface area contributed by atoms with Crippen molar-refractivity contribution in [1.29, 1.82) is 0 Å². The molecule has 0 aromatic carbocycles. The molecule has 0 spiro atoms. The molecular weight excluding hydrogens is 336 g/mol. The highest BCUT2D eigenvalue weighted by Crippen LogP contribution is 2.10. The van der Waals surface area contributed by atoms with Crippen LogP contribution in [-0.2, 0) is 18.9 Å². The van der Waals surface area contributed by atoms with Gasteiger partial charge in [-0.05, 0) is 40.5 Å². The first-order chi connectivity index (χ1) is 11.8. The fourth-order valence-electron chi connectivity index (χ4n) is 2.36. The first-order valence-electron chi connectivity index (χ1n) is 9.66. The van der Waals surface area contributed by atoms with Gasteiger partial charge < -0.3 is 18.9 Å². The summed E-state index contributed by atoms with van der Waals surface area (Å²) >= 11 is 0. The van der Waals surface area contributed by atoms with Crippen molar-refractivity contribution in [3.63, 3.8) is 0 Å². The Hall–Kier alpha value is 0.274. The first kappa shape index (κ1) is 24.3. The molecule has 0 saturated carbocycles. The molecule has 0 aromatic rings. The minimum atomic E-state index is 0.0117. The highest BCUT2D eigenvalue weighted by molar-refractivity contribution is 6.36. The van der Waals surface area contributed by atoms with Crippen molar-refractivity contribution in [3.8, 4) is 0 Å². The van der Waals surface area contributed by atoms with Crippen molar-refractivity contribution < 1.29 is 18.9 Å². The fraction of sp³-hybridized carbons (Fsp3) is 1.00. The highest BCUT2D eigenvalue weighted by atomic mass is 28.2. The molecule has 0 rings (SSSR count). The summed E-state index contributed by atoms with van der Waals surface area (Å²) in [4.78, 5) is 0. The summed E-state index contributed by atoms with van der Waals surface area (Å²) in [6.45, 7) is 11.1. The smallest absolute Gasteiger partial charge is 0.157 e. The van der Waals surface area contributed by atoms with Gasteiger partial charge in [0.25, 0.3) is 0 Å². The summed E-state index contributed by atoms with van der Waals surface area (Å²) in [6.07, 6.45) is 4.82. The molecule has 0 saturated heterocycles. The van der Waals surface area contributed by atoms with Gasteiger partial charge >= 0.3 is 0 Å². The van der Waals surface area contributed by atoms with E-state index in [1.54, 1.807) is 0 Å². The van der Waals surface area contributed by atoms with Crippen LogP contribution >= 0.6 is 0 Å². The zero-order valence-electron chi connectivity index (χ0n) is 16.3. The molecule has 0 unspecified atom stereocenters. The Morgan fingerprint density at radius 1 is 0.542 bits per heavy atom. The molecule has 0 bridgehead atoms. The third-order valence-electron chi connectivity index (χ3n) is 3.48. The molecule has 0 aliphatic heterocycles. The molecule has 0 fully saturated rings. The van der Waals surface area contributed by atoms with Crippen LogP contribution in [0, 0.1) is 0 Å². The molecule has 6 heteroatoms. The van der Waals surface area contributed by atoms with Crippen molar-refractivity contribution >= 4 is 19.0 Å². The van der Waals surface area contributed by atoms with Gasteiger partial charge in [-0.25, -0.2) is 0 Å².